The molecule has 80 valence electrons. The minimum atomic E-state index is -0.253. The van der Waals surface area contributed by atoms with E-state index in [0.29, 0.717) is 12.0 Å². The van der Waals surface area contributed by atoms with Gasteiger partial charge in [-0.3, -0.25) is 0 Å². The summed E-state index contributed by atoms with van der Waals surface area (Å²) in [4.78, 5) is 11.4. The van der Waals surface area contributed by atoms with E-state index >= 15 is 0 Å². The molecule has 1 aliphatic heterocycles. The lowest BCUT2D eigenvalue weighted by Gasteiger charge is -2.09. The monoisotopic (exact) mass is 310 g/mol. The molecule has 1 aliphatic rings. The van der Waals surface area contributed by atoms with Gasteiger partial charge in [-0.1, -0.05) is 29.5 Å². The van der Waals surface area contributed by atoms with Gasteiger partial charge in [0.2, 0.25) is 0 Å². The van der Waals surface area contributed by atoms with Gasteiger partial charge in [0.25, 0.3) is 0 Å². The zero-order valence-electron chi connectivity index (χ0n) is 8.51. The Hall–Kier alpha value is -0.260. The smallest absolute Gasteiger partial charge is 0.337 e. The summed E-state index contributed by atoms with van der Waals surface area (Å²) in [5.74, 6) is 0.581. The van der Waals surface area contributed by atoms with Crippen molar-refractivity contribution in [2.75, 3.05) is 11.5 Å². The molecule has 1 saturated heterocycles. The minimum absolute atomic E-state index is 0.253. The Kier molecular flexibility index (Phi) is 4.71. The van der Waals surface area contributed by atoms with Crippen LogP contribution in [0.1, 0.15) is 26.2 Å². The third-order valence-electron chi connectivity index (χ3n) is 2.30. The van der Waals surface area contributed by atoms with Gasteiger partial charge in [0.05, 0.1) is 12.7 Å². The van der Waals surface area contributed by atoms with Crippen molar-refractivity contribution in [1.29, 1.82) is 0 Å². The lowest BCUT2D eigenvalue weighted by Crippen LogP contribution is -2.09. The van der Waals surface area contributed by atoms with Crippen molar-refractivity contribution in [3.63, 3.8) is 0 Å². The van der Waals surface area contributed by atoms with Gasteiger partial charge in [-0.05, 0) is 12.8 Å². The van der Waals surface area contributed by atoms with Crippen LogP contribution < -0.4 is 0 Å². The van der Waals surface area contributed by atoms with Crippen LogP contribution in [-0.4, -0.2) is 23.6 Å². The normalized spacial score (nSPS) is 24.4. The van der Waals surface area contributed by atoms with Crippen LogP contribution in [0.5, 0.6) is 0 Å². The number of ether oxygens (including phenoxy) is 2. The molecule has 0 amide bonds. The molecule has 0 bridgehead atoms. The predicted octanol–water partition coefficient (Wildman–Crippen LogP) is 2.44. The minimum Gasteiger partial charge on any atom is -0.493 e. The first-order chi connectivity index (χ1) is 6.72. The molecule has 0 radical (unpaired) electrons. The van der Waals surface area contributed by atoms with Crippen LogP contribution in [0, 0.1) is 0 Å². The molecule has 1 fully saturated rings. The third kappa shape index (κ3) is 2.62. The van der Waals surface area contributed by atoms with Crippen LogP contribution in [-0.2, 0) is 14.3 Å². The van der Waals surface area contributed by atoms with Crippen LogP contribution in [0.2, 0.25) is 0 Å². The molecule has 3 nitrogen and oxygen atoms in total. The summed E-state index contributed by atoms with van der Waals surface area (Å²) in [7, 11) is 1.41. The molecule has 14 heavy (non-hydrogen) atoms. The number of esters is 1. The van der Waals surface area contributed by atoms with Crippen molar-refractivity contribution in [3.05, 3.63) is 11.3 Å². The largest absolute Gasteiger partial charge is 0.493 e. The van der Waals surface area contributed by atoms with Gasteiger partial charge >= 0.3 is 5.97 Å². The van der Waals surface area contributed by atoms with Crippen molar-refractivity contribution in [2.24, 2.45) is 0 Å². The van der Waals surface area contributed by atoms with Crippen molar-refractivity contribution >= 4 is 28.6 Å². The van der Waals surface area contributed by atoms with Crippen LogP contribution in [0.15, 0.2) is 11.3 Å². The molecule has 1 unspecified atom stereocenters. The number of carbonyl (C=O) groups is 1. The van der Waals surface area contributed by atoms with Gasteiger partial charge in [-0.25, -0.2) is 4.79 Å². The van der Waals surface area contributed by atoms with E-state index in [1.807, 2.05) is 6.92 Å². The summed E-state index contributed by atoms with van der Waals surface area (Å²) in [5, 5.41) is 0. The maximum Gasteiger partial charge on any atom is 0.337 e. The van der Waals surface area contributed by atoms with Crippen molar-refractivity contribution < 1.29 is 14.3 Å². The standard InChI is InChI=1S/C10H15IO3/c1-3-8(10(12)13-2)9-5-4-7(6-11)14-9/h7H,3-6H2,1-2H3/b9-8+. The van der Waals surface area contributed by atoms with Gasteiger partial charge < -0.3 is 9.47 Å². The summed E-state index contributed by atoms with van der Waals surface area (Å²) in [6.45, 7) is 1.94. The molecule has 0 N–H and O–H groups in total. The van der Waals surface area contributed by atoms with Gasteiger partial charge in [0, 0.05) is 10.8 Å². The first kappa shape index (κ1) is 11.8. The lowest BCUT2D eigenvalue weighted by atomic mass is 10.1. The zero-order chi connectivity index (χ0) is 10.6. The Labute approximate surface area is 98.0 Å². The Morgan fingerprint density at radius 2 is 2.43 bits per heavy atom. The SMILES string of the molecule is CC/C(C(=O)OC)=C1/CCC(CI)O1. The third-order valence-corrected chi connectivity index (χ3v) is 3.28. The molecule has 0 saturated carbocycles. The molecule has 0 spiro atoms. The maximum absolute atomic E-state index is 11.4. The van der Waals surface area contributed by atoms with Gasteiger partial charge in [-0.2, -0.15) is 0 Å². The second-order valence-electron chi connectivity index (χ2n) is 3.18. The number of allylic oxidation sites excluding steroid dienone is 1. The number of methoxy groups -OCH3 is 1. The zero-order valence-corrected chi connectivity index (χ0v) is 10.7. The average molecular weight is 310 g/mol. The highest BCUT2D eigenvalue weighted by Gasteiger charge is 2.25. The van der Waals surface area contributed by atoms with Crippen molar-refractivity contribution in [2.45, 2.75) is 32.3 Å². The Bertz CT molecular complexity index is 248. The van der Waals surface area contributed by atoms with E-state index < -0.39 is 0 Å². The fourth-order valence-corrected chi connectivity index (χ4v) is 2.14. The van der Waals surface area contributed by atoms with E-state index in [1.165, 1.54) is 7.11 Å². The molecule has 0 aromatic carbocycles. The fraction of sp³-hybridized carbons (Fsp3) is 0.700. The number of carbonyl (C=O) groups excluding carboxylic acids is 1. The van der Waals surface area contributed by atoms with E-state index in [-0.39, 0.29) is 12.1 Å². The summed E-state index contributed by atoms with van der Waals surface area (Å²) in [6, 6.07) is 0. The van der Waals surface area contributed by atoms with E-state index in [1.54, 1.807) is 0 Å². The molecule has 0 aromatic rings. The molecular formula is C10H15IO3. The van der Waals surface area contributed by atoms with E-state index in [0.717, 1.165) is 23.0 Å². The predicted molar refractivity (Wildman–Crippen MR) is 62.3 cm³/mol. The quantitative estimate of drug-likeness (QED) is 0.348. The summed E-state index contributed by atoms with van der Waals surface area (Å²) < 4.78 is 11.3. The summed E-state index contributed by atoms with van der Waals surface area (Å²) >= 11 is 2.30. The van der Waals surface area contributed by atoms with Gasteiger partial charge in [0.15, 0.2) is 0 Å². The first-order valence-corrected chi connectivity index (χ1v) is 6.28. The van der Waals surface area contributed by atoms with Crippen LogP contribution in [0.3, 0.4) is 0 Å². The lowest BCUT2D eigenvalue weighted by molar-refractivity contribution is -0.136. The highest BCUT2D eigenvalue weighted by atomic mass is 127. The molecular weight excluding hydrogens is 295 g/mol. The number of hydrogen-bond acceptors (Lipinski definition) is 3. The molecule has 1 atom stereocenters. The van der Waals surface area contributed by atoms with Crippen molar-refractivity contribution in [1.82, 2.24) is 0 Å². The number of hydrogen-bond donors (Lipinski definition) is 0. The van der Waals surface area contributed by atoms with Gasteiger partial charge in [-0.15, -0.1) is 0 Å². The van der Waals surface area contributed by atoms with Crippen LogP contribution in [0.25, 0.3) is 0 Å². The average Bonchev–Trinajstić information content (AvgIpc) is 2.67. The second-order valence-corrected chi connectivity index (χ2v) is 4.06. The number of rotatable bonds is 3. The van der Waals surface area contributed by atoms with Crippen LogP contribution in [0.4, 0.5) is 0 Å². The Balaban J connectivity index is 2.75. The van der Waals surface area contributed by atoms with E-state index in [2.05, 4.69) is 22.6 Å². The van der Waals surface area contributed by atoms with E-state index in [9.17, 15) is 4.79 Å². The Morgan fingerprint density at radius 3 is 2.86 bits per heavy atom. The molecule has 1 rings (SSSR count). The first-order valence-electron chi connectivity index (χ1n) is 4.75. The maximum atomic E-state index is 11.4. The Morgan fingerprint density at radius 1 is 1.71 bits per heavy atom. The van der Waals surface area contributed by atoms with E-state index in [4.69, 9.17) is 9.47 Å². The van der Waals surface area contributed by atoms with Crippen molar-refractivity contribution in [3.8, 4) is 0 Å². The van der Waals surface area contributed by atoms with Crippen LogP contribution >= 0.6 is 22.6 Å². The highest BCUT2D eigenvalue weighted by Crippen LogP contribution is 2.28. The number of alkyl halides is 1. The fourth-order valence-electron chi connectivity index (χ4n) is 1.52. The van der Waals surface area contributed by atoms with Gasteiger partial charge in [0.1, 0.15) is 11.9 Å². The second kappa shape index (κ2) is 5.58. The molecule has 1 heterocycles. The molecule has 4 heteroatoms. The highest BCUT2D eigenvalue weighted by molar-refractivity contribution is 14.1. The molecule has 0 aromatic heterocycles. The molecule has 0 aliphatic carbocycles. The summed E-state index contributed by atoms with van der Waals surface area (Å²) in [6.07, 6.45) is 2.83. The topological polar surface area (TPSA) is 35.5 Å². The number of halogens is 1. The summed E-state index contributed by atoms with van der Waals surface area (Å²) in [5.41, 5.74) is 0.694.